The molecule has 4 rings (SSSR count). The third-order valence-corrected chi connectivity index (χ3v) is 5.12. The SMILES string of the molecule is COc1ncc(NC(=O)Cc2ccc(-c3cnc(Nc4cnn(C)c4)nc3)cc2)cc1Br. The van der Waals surface area contributed by atoms with Gasteiger partial charge in [0.05, 0.1) is 41.8 Å². The van der Waals surface area contributed by atoms with E-state index in [0.29, 0.717) is 22.0 Å². The Kier molecular flexibility index (Phi) is 6.41. The van der Waals surface area contributed by atoms with E-state index in [1.165, 1.54) is 7.11 Å². The maximum absolute atomic E-state index is 12.4. The Hall–Kier alpha value is -3.79. The molecule has 10 heteroatoms. The van der Waals surface area contributed by atoms with Gasteiger partial charge in [-0.2, -0.15) is 5.10 Å². The molecule has 0 radical (unpaired) electrons. The first-order valence-electron chi connectivity index (χ1n) is 9.66. The molecule has 0 fully saturated rings. The smallest absolute Gasteiger partial charge is 0.228 e. The zero-order chi connectivity index (χ0) is 22.5. The molecule has 0 saturated heterocycles. The van der Waals surface area contributed by atoms with Crippen molar-refractivity contribution in [2.24, 2.45) is 7.05 Å². The van der Waals surface area contributed by atoms with E-state index < -0.39 is 0 Å². The summed E-state index contributed by atoms with van der Waals surface area (Å²) in [6.07, 6.45) is 8.85. The number of hydrogen-bond donors (Lipinski definition) is 2. The number of benzene rings is 1. The lowest BCUT2D eigenvalue weighted by Crippen LogP contribution is -2.14. The molecule has 0 bridgehead atoms. The van der Waals surface area contributed by atoms with Crippen molar-refractivity contribution < 1.29 is 9.53 Å². The summed E-state index contributed by atoms with van der Waals surface area (Å²) >= 11 is 3.36. The van der Waals surface area contributed by atoms with Crippen molar-refractivity contribution in [3.63, 3.8) is 0 Å². The van der Waals surface area contributed by atoms with E-state index in [4.69, 9.17) is 4.74 Å². The summed E-state index contributed by atoms with van der Waals surface area (Å²) in [4.78, 5) is 25.2. The molecule has 1 amide bonds. The highest BCUT2D eigenvalue weighted by molar-refractivity contribution is 9.10. The minimum atomic E-state index is -0.134. The molecule has 162 valence electrons. The molecule has 2 N–H and O–H groups in total. The number of pyridine rings is 1. The highest BCUT2D eigenvalue weighted by atomic mass is 79.9. The third-order valence-electron chi connectivity index (χ3n) is 4.55. The quantitative estimate of drug-likeness (QED) is 0.401. The highest BCUT2D eigenvalue weighted by Crippen LogP contribution is 2.25. The molecule has 32 heavy (non-hydrogen) atoms. The number of anilines is 3. The van der Waals surface area contributed by atoms with Crippen molar-refractivity contribution >= 4 is 39.2 Å². The summed E-state index contributed by atoms with van der Waals surface area (Å²) in [5.41, 5.74) is 4.15. The van der Waals surface area contributed by atoms with Crippen LogP contribution in [0.5, 0.6) is 5.88 Å². The lowest BCUT2D eigenvalue weighted by atomic mass is 10.1. The van der Waals surface area contributed by atoms with Crippen LogP contribution >= 0.6 is 15.9 Å². The fraction of sp³-hybridized carbons (Fsp3) is 0.136. The zero-order valence-corrected chi connectivity index (χ0v) is 19.0. The van der Waals surface area contributed by atoms with Crippen LogP contribution in [0.2, 0.25) is 0 Å². The van der Waals surface area contributed by atoms with Gasteiger partial charge in [0.25, 0.3) is 0 Å². The van der Waals surface area contributed by atoms with E-state index in [-0.39, 0.29) is 12.3 Å². The number of carbonyl (C=O) groups is 1. The number of nitrogens with zero attached hydrogens (tertiary/aromatic N) is 5. The van der Waals surface area contributed by atoms with Gasteiger partial charge < -0.3 is 15.4 Å². The average Bonchev–Trinajstić information content (AvgIpc) is 3.19. The number of amides is 1. The van der Waals surface area contributed by atoms with Gasteiger partial charge in [-0.15, -0.1) is 0 Å². The van der Waals surface area contributed by atoms with Gasteiger partial charge in [0.15, 0.2) is 0 Å². The second kappa shape index (κ2) is 9.56. The van der Waals surface area contributed by atoms with E-state index >= 15 is 0 Å². The molecular weight excluding hydrogens is 474 g/mol. The largest absolute Gasteiger partial charge is 0.480 e. The number of methoxy groups -OCH3 is 1. The summed E-state index contributed by atoms with van der Waals surface area (Å²) in [6.45, 7) is 0. The van der Waals surface area contributed by atoms with Gasteiger partial charge in [0.2, 0.25) is 17.7 Å². The Labute approximate surface area is 193 Å². The van der Waals surface area contributed by atoms with E-state index in [0.717, 1.165) is 22.4 Å². The summed E-state index contributed by atoms with van der Waals surface area (Å²) in [6, 6.07) is 9.47. The van der Waals surface area contributed by atoms with Crippen molar-refractivity contribution in [3.05, 3.63) is 71.4 Å². The lowest BCUT2D eigenvalue weighted by molar-refractivity contribution is -0.115. The second-order valence-corrected chi connectivity index (χ2v) is 7.81. The van der Waals surface area contributed by atoms with Crippen LogP contribution in [0.3, 0.4) is 0 Å². The topological polar surface area (TPSA) is 107 Å². The molecular formula is C22H20BrN7O2. The Morgan fingerprint density at radius 2 is 1.78 bits per heavy atom. The van der Waals surface area contributed by atoms with Crippen LogP contribution in [-0.2, 0) is 18.3 Å². The molecule has 1 aromatic carbocycles. The number of rotatable bonds is 7. The van der Waals surface area contributed by atoms with Crippen LogP contribution < -0.4 is 15.4 Å². The molecule has 3 aromatic heterocycles. The summed E-state index contributed by atoms with van der Waals surface area (Å²) in [5, 5.41) is 10.0. The van der Waals surface area contributed by atoms with Gasteiger partial charge in [-0.1, -0.05) is 24.3 Å². The maximum atomic E-state index is 12.4. The van der Waals surface area contributed by atoms with Gasteiger partial charge >= 0.3 is 0 Å². The van der Waals surface area contributed by atoms with Gasteiger partial charge in [-0.3, -0.25) is 9.48 Å². The average molecular weight is 494 g/mol. The molecule has 0 aliphatic carbocycles. The molecule has 3 heterocycles. The van der Waals surface area contributed by atoms with E-state index in [2.05, 4.69) is 46.6 Å². The number of nitrogens with one attached hydrogen (secondary N) is 2. The van der Waals surface area contributed by atoms with Crippen molar-refractivity contribution in [1.29, 1.82) is 0 Å². The van der Waals surface area contributed by atoms with Crippen molar-refractivity contribution in [3.8, 4) is 17.0 Å². The van der Waals surface area contributed by atoms with Gasteiger partial charge in [0.1, 0.15) is 0 Å². The fourth-order valence-electron chi connectivity index (χ4n) is 3.01. The Morgan fingerprint density at radius 3 is 2.41 bits per heavy atom. The molecule has 0 aliphatic heterocycles. The van der Waals surface area contributed by atoms with Gasteiger partial charge in [-0.05, 0) is 33.1 Å². The van der Waals surface area contributed by atoms with Crippen LogP contribution in [0.15, 0.2) is 65.8 Å². The zero-order valence-electron chi connectivity index (χ0n) is 17.4. The minimum Gasteiger partial charge on any atom is -0.480 e. The summed E-state index contributed by atoms with van der Waals surface area (Å²) < 4.78 is 7.47. The van der Waals surface area contributed by atoms with Crippen molar-refractivity contribution in [1.82, 2.24) is 24.7 Å². The molecule has 0 atom stereocenters. The fourth-order valence-corrected chi connectivity index (χ4v) is 3.52. The number of ether oxygens (including phenoxy) is 1. The standard InChI is InChI=1S/C22H20BrN7O2/c1-30-13-18(12-27-30)29-22-25-9-16(10-26-22)15-5-3-14(4-6-15)7-20(31)28-17-8-19(23)21(32-2)24-11-17/h3-6,8-13H,7H2,1-2H3,(H,28,31)(H,25,26,29). The minimum absolute atomic E-state index is 0.134. The molecule has 0 saturated carbocycles. The Bertz CT molecular complexity index is 1220. The van der Waals surface area contributed by atoms with Crippen LogP contribution in [-0.4, -0.2) is 37.7 Å². The lowest BCUT2D eigenvalue weighted by Gasteiger charge is -2.08. The van der Waals surface area contributed by atoms with E-state index in [1.54, 1.807) is 35.5 Å². The summed E-state index contributed by atoms with van der Waals surface area (Å²) in [5.74, 6) is 0.823. The first-order chi connectivity index (χ1) is 15.5. The molecule has 9 nitrogen and oxygen atoms in total. The molecule has 4 aromatic rings. The predicted octanol–water partition coefficient (Wildman–Crippen LogP) is 3.97. The summed E-state index contributed by atoms with van der Waals surface area (Å²) in [7, 11) is 3.38. The number of hydrogen-bond acceptors (Lipinski definition) is 7. The Morgan fingerprint density at radius 1 is 1.03 bits per heavy atom. The van der Waals surface area contributed by atoms with Crippen molar-refractivity contribution in [2.45, 2.75) is 6.42 Å². The van der Waals surface area contributed by atoms with Gasteiger partial charge in [-0.25, -0.2) is 15.0 Å². The Balaban J connectivity index is 1.36. The highest BCUT2D eigenvalue weighted by Gasteiger charge is 2.09. The molecule has 0 spiro atoms. The molecule has 0 unspecified atom stereocenters. The second-order valence-electron chi connectivity index (χ2n) is 6.96. The maximum Gasteiger partial charge on any atom is 0.228 e. The predicted molar refractivity (Wildman–Crippen MR) is 125 cm³/mol. The first kappa shape index (κ1) is 21.4. The normalized spacial score (nSPS) is 10.6. The molecule has 0 aliphatic rings. The van der Waals surface area contributed by atoms with E-state index in [9.17, 15) is 4.79 Å². The van der Waals surface area contributed by atoms with Crippen molar-refractivity contribution in [2.75, 3.05) is 17.7 Å². The van der Waals surface area contributed by atoms with Crippen LogP contribution in [0.25, 0.3) is 11.1 Å². The first-order valence-corrected chi connectivity index (χ1v) is 10.5. The number of halogens is 1. The van der Waals surface area contributed by atoms with Crippen LogP contribution in [0.4, 0.5) is 17.3 Å². The van der Waals surface area contributed by atoms with Crippen LogP contribution in [0.1, 0.15) is 5.56 Å². The third kappa shape index (κ3) is 5.27. The monoisotopic (exact) mass is 493 g/mol. The number of aromatic nitrogens is 5. The number of aryl methyl sites for hydroxylation is 1. The van der Waals surface area contributed by atoms with E-state index in [1.807, 2.05) is 37.5 Å². The van der Waals surface area contributed by atoms with Gasteiger partial charge in [0, 0.05) is 31.2 Å². The number of carbonyl (C=O) groups excluding carboxylic acids is 1. The van der Waals surface area contributed by atoms with Crippen LogP contribution in [0, 0.1) is 0 Å².